The lowest BCUT2D eigenvalue weighted by molar-refractivity contribution is -0.148. The van der Waals surface area contributed by atoms with Crippen molar-refractivity contribution < 1.29 is 22.7 Å². The second-order valence-electron chi connectivity index (χ2n) is 6.33. The monoisotopic (exact) mass is 492 g/mol. The third-order valence-corrected chi connectivity index (χ3v) is 6.68. The normalized spacial score (nSPS) is 12.5. The second kappa shape index (κ2) is 10.5. The van der Waals surface area contributed by atoms with Crippen LogP contribution < -0.4 is 5.32 Å². The van der Waals surface area contributed by atoms with Crippen LogP contribution >= 0.6 is 34.8 Å². The minimum Gasteiger partial charge on any atom is -0.455 e. The lowest BCUT2D eigenvalue weighted by Crippen LogP contribution is -2.36. The highest BCUT2D eigenvalue weighted by Gasteiger charge is 2.24. The fraction of sp³-hybridized carbons (Fsp3) is 0.263. The van der Waals surface area contributed by atoms with Gasteiger partial charge in [0.1, 0.15) is 6.54 Å². The molecule has 0 heterocycles. The van der Waals surface area contributed by atoms with Crippen molar-refractivity contribution in [2.24, 2.45) is 0 Å². The summed E-state index contributed by atoms with van der Waals surface area (Å²) in [5.74, 6) is -1.44. The van der Waals surface area contributed by atoms with Crippen LogP contribution in [0.5, 0.6) is 0 Å². The molecule has 0 aliphatic carbocycles. The van der Waals surface area contributed by atoms with Crippen molar-refractivity contribution in [2.75, 3.05) is 20.2 Å². The predicted octanol–water partition coefficient (Wildman–Crippen LogP) is 3.69. The van der Waals surface area contributed by atoms with Crippen molar-refractivity contribution >= 4 is 56.7 Å². The molecule has 1 unspecified atom stereocenters. The molecule has 11 heteroatoms. The quantitative estimate of drug-likeness (QED) is 0.566. The molecule has 0 radical (unpaired) electrons. The lowest BCUT2D eigenvalue weighted by atomic mass is 10.1. The van der Waals surface area contributed by atoms with E-state index < -0.39 is 41.1 Å². The number of halogens is 3. The summed E-state index contributed by atoms with van der Waals surface area (Å²) in [6.45, 7) is 0.585. The van der Waals surface area contributed by atoms with Crippen LogP contribution in [0, 0.1) is 0 Å². The Morgan fingerprint density at radius 1 is 1.07 bits per heavy atom. The van der Waals surface area contributed by atoms with Gasteiger partial charge in [0.2, 0.25) is 10.0 Å². The second-order valence-corrected chi connectivity index (χ2v) is 9.66. The number of likely N-dealkylation sites (N-methyl/N-ethyl adjacent to an activating group) is 1. The molecule has 1 N–H and O–H groups in total. The van der Waals surface area contributed by atoms with E-state index in [0.29, 0.717) is 20.6 Å². The molecule has 2 aromatic rings. The number of benzene rings is 2. The molecule has 0 aliphatic rings. The molecular weight excluding hydrogens is 475 g/mol. The zero-order chi connectivity index (χ0) is 22.5. The van der Waals surface area contributed by atoms with Gasteiger partial charge in [-0.2, -0.15) is 4.31 Å². The summed E-state index contributed by atoms with van der Waals surface area (Å²) in [7, 11) is -2.67. The molecule has 7 nitrogen and oxygen atoms in total. The summed E-state index contributed by atoms with van der Waals surface area (Å²) in [4.78, 5) is 24.0. The van der Waals surface area contributed by atoms with E-state index in [0.717, 1.165) is 4.31 Å². The Balaban J connectivity index is 1.87. The number of carbonyl (C=O) groups is 2. The van der Waals surface area contributed by atoms with E-state index in [4.69, 9.17) is 39.5 Å². The van der Waals surface area contributed by atoms with Gasteiger partial charge in [-0.1, -0.05) is 40.9 Å². The lowest BCUT2D eigenvalue weighted by Gasteiger charge is -2.18. The highest BCUT2D eigenvalue weighted by Crippen LogP contribution is 2.26. The van der Waals surface area contributed by atoms with Crippen LogP contribution in [-0.4, -0.2) is 44.8 Å². The number of rotatable bonds is 8. The third-order valence-electron chi connectivity index (χ3n) is 4.04. The molecule has 0 saturated heterocycles. The van der Waals surface area contributed by atoms with E-state index in [-0.39, 0.29) is 4.90 Å². The Morgan fingerprint density at radius 2 is 1.67 bits per heavy atom. The number of esters is 1. The summed E-state index contributed by atoms with van der Waals surface area (Å²) < 4.78 is 30.6. The summed E-state index contributed by atoms with van der Waals surface area (Å²) in [6, 6.07) is 9.94. The van der Waals surface area contributed by atoms with Crippen molar-refractivity contribution in [1.29, 1.82) is 0 Å². The molecule has 0 aromatic heterocycles. The highest BCUT2D eigenvalue weighted by atomic mass is 35.5. The number of amides is 1. The summed E-state index contributed by atoms with van der Waals surface area (Å²) in [6.07, 6.45) is 0. The molecule has 30 heavy (non-hydrogen) atoms. The Kier molecular flexibility index (Phi) is 8.52. The average molecular weight is 494 g/mol. The Morgan fingerprint density at radius 3 is 2.27 bits per heavy atom. The van der Waals surface area contributed by atoms with Crippen LogP contribution in [0.3, 0.4) is 0 Å². The van der Waals surface area contributed by atoms with Crippen LogP contribution in [0.25, 0.3) is 0 Å². The maximum absolute atomic E-state index is 12.4. The first-order valence-corrected chi connectivity index (χ1v) is 11.2. The first kappa shape index (κ1) is 24.4. The number of sulfonamides is 1. The van der Waals surface area contributed by atoms with Crippen LogP contribution in [0.1, 0.15) is 18.5 Å². The van der Waals surface area contributed by atoms with Gasteiger partial charge in [-0.3, -0.25) is 9.59 Å². The maximum Gasteiger partial charge on any atom is 0.321 e. The number of nitrogens with zero attached hydrogens (tertiary/aromatic N) is 1. The molecule has 1 amide bonds. The van der Waals surface area contributed by atoms with E-state index in [2.05, 4.69) is 5.32 Å². The molecule has 0 fully saturated rings. The SMILES string of the molecule is CC(NC(=O)COC(=O)CN(C)S(=O)(=O)c1ccc(Cl)cc1)c1ccc(Cl)cc1Cl. The minimum atomic E-state index is -3.90. The number of hydrogen-bond donors (Lipinski definition) is 1. The summed E-state index contributed by atoms with van der Waals surface area (Å²) >= 11 is 17.7. The summed E-state index contributed by atoms with van der Waals surface area (Å²) in [5, 5.41) is 3.88. The number of nitrogens with one attached hydrogen (secondary N) is 1. The van der Waals surface area contributed by atoms with Crippen LogP contribution in [0.2, 0.25) is 15.1 Å². The molecule has 2 aromatic carbocycles. The topological polar surface area (TPSA) is 92.8 Å². The Hall–Kier alpha value is -1.84. The number of hydrogen-bond acceptors (Lipinski definition) is 5. The number of ether oxygens (including phenoxy) is 1. The van der Waals surface area contributed by atoms with Gasteiger partial charge in [0.05, 0.1) is 10.9 Å². The number of carbonyl (C=O) groups excluding carboxylic acids is 2. The standard InChI is InChI=1S/C19H19Cl3N2O5S/c1-12(16-8-5-14(21)9-17(16)22)23-18(25)11-29-19(26)10-24(2)30(27,28)15-6-3-13(20)4-7-15/h3-9,12H,10-11H2,1-2H3,(H,23,25). The average Bonchev–Trinajstić information content (AvgIpc) is 2.66. The zero-order valence-corrected chi connectivity index (χ0v) is 19.1. The van der Waals surface area contributed by atoms with Gasteiger partial charge in [0, 0.05) is 22.1 Å². The van der Waals surface area contributed by atoms with Gasteiger partial charge < -0.3 is 10.1 Å². The van der Waals surface area contributed by atoms with Gasteiger partial charge in [-0.05, 0) is 48.9 Å². The van der Waals surface area contributed by atoms with Crippen LogP contribution in [-0.2, 0) is 24.3 Å². The molecule has 0 saturated carbocycles. The van der Waals surface area contributed by atoms with E-state index in [1.54, 1.807) is 25.1 Å². The van der Waals surface area contributed by atoms with E-state index in [1.807, 2.05) is 0 Å². The van der Waals surface area contributed by atoms with Crippen molar-refractivity contribution in [3.63, 3.8) is 0 Å². The van der Waals surface area contributed by atoms with Crippen molar-refractivity contribution in [3.05, 3.63) is 63.1 Å². The van der Waals surface area contributed by atoms with Gasteiger partial charge in [0.15, 0.2) is 6.61 Å². The molecule has 0 bridgehead atoms. The first-order chi connectivity index (χ1) is 14.0. The molecule has 2 rings (SSSR count). The first-order valence-electron chi connectivity index (χ1n) is 8.62. The Bertz CT molecular complexity index is 1030. The molecule has 162 valence electrons. The van der Waals surface area contributed by atoms with E-state index in [1.165, 1.54) is 31.3 Å². The molecular formula is C19H19Cl3N2O5S. The van der Waals surface area contributed by atoms with Gasteiger partial charge in [0.25, 0.3) is 5.91 Å². The van der Waals surface area contributed by atoms with Crippen LogP contribution in [0.4, 0.5) is 0 Å². The van der Waals surface area contributed by atoms with Crippen molar-refractivity contribution in [2.45, 2.75) is 17.9 Å². The van der Waals surface area contributed by atoms with E-state index >= 15 is 0 Å². The minimum absolute atomic E-state index is 0.0198. The summed E-state index contributed by atoms with van der Waals surface area (Å²) in [5.41, 5.74) is 0.648. The maximum atomic E-state index is 12.4. The highest BCUT2D eigenvalue weighted by molar-refractivity contribution is 7.89. The van der Waals surface area contributed by atoms with Gasteiger partial charge in [-0.25, -0.2) is 8.42 Å². The van der Waals surface area contributed by atoms with Crippen LogP contribution in [0.15, 0.2) is 47.4 Å². The molecule has 0 spiro atoms. The Labute approximate surface area is 189 Å². The van der Waals surface area contributed by atoms with Gasteiger partial charge in [-0.15, -0.1) is 0 Å². The smallest absolute Gasteiger partial charge is 0.321 e. The molecule has 1 atom stereocenters. The van der Waals surface area contributed by atoms with Gasteiger partial charge >= 0.3 is 5.97 Å². The van der Waals surface area contributed by atoms with Crippen molar-refractivity contribution in [3.8, 4) is 0 Å². The van der Waals surface area contributed by atoms with E-state index in [9.17, 15) is 18.0 Å². The molecule has 0 aliphatic heterocycles. The zero-order valence-electron chi connectivity index (χ0n) is 16.1. The third kappa shape index (κ3) is 6.58. The largest absolute Gasteiger partial charge is 0.455 e. The fourth-order valence-corrected chi connectivity index (χ4v) is 4.27. The fourth-order valence-electron chi connectivity index (χ4n) is 2.46. The predicted molar refractivity (Wildman–Crippen MR) is 115 cm³/mol. The van der Waals surface area contributed by atoms with Crippen molar-refractivity contribution in [1.82, 2.24) is 9.62 Å².